The predicted molar refractivity (Wildman–Crippen MR) is 108 cm³/mol. The number of carbonyl (C=O) groups excluding carboxylic acids is 1. The lowest BCUT2D eigenvalue weighted by Crippen LogP contribution is -2.20. The number of carbonyl (C=O) groups is 1. The maximum absolute atomic E-state index is 12.6. The number of rotatable bonds is 9. The van der Waals surface area contributed by atoms with Crippen molar-refractivity contribution in [3.05, 3.63) is 41.3 Å². The van der Waals surface area contributed by atoms with Gasteiger partial charge < -0.3 is 14.6 Å². The molecule has 1 aliphatic rings. The maximum Gasteiger partial charge on any atom is 0.342 e. The van der Waals surface area contributed by atoms with E-state index < -0.39 is 16.0 Å². The van der Waals surface area contributed by atoms with Crippen LogP contribution in [0.15, 0.2) is 30.2 Å². The first-order valence-corrected chi connectivity index (χ1v) is 10.8. The van der Waals surface area contributed by atoms with Crippen LogP contribution in [0.4, 0.5) is 0 Å². The fourth-order valence-corrected chi connectivity index (χ4v) is 3.57. The lowest BCUT2D eigenvalue weighted by Gasteiger charge is -2.21. The second-order valence-electron chi connectivity index (χ2n) is 6.68. The van der Waals surface area contributed by atoms with Crippen molar-refractivity contribution in [2.24, 2.45) is 5.92 Å². The van der Waals surface area contributed by atoms with E-state index in [0.717, 1.165) is 31.1 Å². The summed E-state index contributed by atoms with van der Waals surface area (Å²) in [4.78, 5) is 12.6. The largest absolute Gasteiger partial charge is 0.507 e. The number of esters is 1. The standard InChI is InChI=1S/C20H27NO6S/c1-3-28(24,25)21-11-7-10-16-12-17(26-2)13-18(22)19(16)20(23)27-14-15-8-5-4-6-9-15/h3,7,10,12-13,15,21-22H,1,4-6,8-9,11,14H2,2H3. The highest BCUT2D eigenvalue weighted by atomic mass is 32.2. The smallest absolute Gasteiger partial charge is 0.342 e. The van der Waals surface area contributed by atoms with E-state index in [-0.39, 0.29) is 17.9 Å². The number of aromatic hydroxyl groups is 1. The van der Waals surface area contributed by atoms with Crippen molar-refractivity contribution >= 4 is 22.1 Å². The first kappa shape index (κ1) is 22.0. The van der Waals surface area contributed by atoms with E-state index in [0.29, 0.717) is 23.8 Å². The van der Waals surface area contributed by atoms with Gasteiger partial charge in [0, 0.05) is 18.0 Å². The molecule has 0 unspecified atom stereocenters. The summed E-state index contributed by atoms with van der Waals surface area (Å²) in [6.07, 6.45) is 8.64. The number of hydrogen-bond acceptors (Lipinski definition) is 6. The third kappa shape index (κ3) is 6.38. The number of phenols is 1. The van der Waals surface area contributed by atoms with Crippen molar-refractivity contribution in [1.82, 2.24) is 4.72 Å². The molecule has 0 radical (unpaired) electrons. The van der Waals surface area contributed by atoms with Gasteiger partial charge in [0.2, 0.25) is 10.0 Å². The highest BCUT2D eigenvalue weighted by molar-refractivity contribution is 7.92. The fourth-order valence-electron chi connectivity index (χ4n) is 3.12. The minimum Gasteiger partial charge on any atom is -0.507 e. The molecule has 0 heterocycles. The van der Waals surface area contributed by atoms with Crippen molar-refractivity contribution < 1.29 is 27.8 Å². The van der Waals surface area contributed by atoms with Gasteiger partial charge in [0.25, 0.3) is 0 Å². The molecule has 7 nitrogen and oxygen atoms in total. The van der Waals surface area contributed by atoms with Crippen molar-refractivity contribution in [1.29, 1.82) is 0 Å². The molecule has 1 aliphatic carbocycles. The predicted octanol–water partition coefficient (Wildman–Crippen LogP) is 3.21. The van der Waals surface area contributed by atoms with E-state index in [1.165, 1.54) is 31.7 Å². The van der Waals surface area contributed by atoms with Gasteiger partial charge in [-0.05, 0) is 30.4 Å². The molecule has 0 saturated heterocycles. The molecule has 28 heavy (non-hydrogen) atoms. The van der Waals surface area contributed by atoms with Gasteiger partial charge in [-0.1, -0.05) is 38.0 Å². The average Bonchev–Trinajstić information content (AvgIpc) is 2.69. The zero-order chi connectivity index (χ0) is 20.6. The lowest BCUT2D eigenvalue weighted by atomic mass is 9.90. The molecule has 1 fully saturated rings. The van der Waals surface area contributed by atoms with E-state index in [4.69, 9.17) is 9.47 Å². The number of sulfonamides is 1. The summed E-state index contributed by atoms with van der Waals surface area (Å²) < 4.78 is 35.6. The van der Waals surface area contributed by atoms with Crippen LogP contribution in [-0.4, -0.2) is 39.8 Å². The summed E-state index contributed by atoms with van der Waals surface area (Å²) in [5.74, 6) is -0.144. The Morgan fingerprint density at radius 1 is 1.32 bits per heavy atom. The highest BCUT2D eigenvalue weighted by Gasteiger charge is 2.21. The average molecular weight is 410 g/mol. The van der Waals surface area contributed by atoms with Crippen LogP contribution in [-0.2, 0) is 14.8 Å². The van der Waals surface area contributed by atoms with E-state index >= 15 is 0 Å². The van der Waals surface area contributed by atoms with Crippen molar-refractivity contribution in [2.75, 3.05) is 20.3 Å². The third-order valence-electron chi connectivity index (χ3n) is 4.66. The maximum atomic E-state index is 12.6. The molecule has 0 aliphatic heterocycles. The van der Waals surface area contributed by atoms with Gasteiger partial charge in [0.15, 0.2) is 0 Å². The van der Waals surface area contributed by atoms with Crippen molar-refractivity contribution in [2.45, 2.75) is 32.1 Å². The number of phenolic OH excluding ortho intramolecular Hbond substituents is 1. The van der Waals surface area contributed by atoms with Crippen LogP contribution in [0.5, 0.6) is 11.5 Å². The second kappa shape index (κ2) is 10.3. The van der Waals surface area contributed by atoms with Crippen LogP contribution in [0.1, 0.15) is 48.0 Å². The molecule has 8 heteroatoms. The number of ether oxygens (including phenoxy) is 2. The summed E-state index contributed by atoms with van der Waals surface area (Å²) >= 11 is 0. The normalized spacial score (nSPS) is 15.5. The summed E-state index contributed by atoms with van der Waals surface area (Å²) in [5, 5.41) is 11.1. The molecule has 1 aromatic carbocycles. The van der Waals surface area contributed by atoms with Gasteiger partial charge in [-0.25, -0.2) is 17.9 Å². The van der Waals surface area contributed by atoms with E-state index in [9.17, 15) is 18.3 Å². The molecule has 0 atom stereocenters. The fraction of sp³-hybridized carbons (Fsp3) is 0.450. The molecule has 2 N–H and O–H groups in total. The Kier molecular flexibility index (Phi) is 8.07. The van der Waals surface area contributed by atoms with Gasteiger partial charge in [-0.3, -0.25) is 0 Å². The third-order valence-corrected chi connectivity index (χ3v) is 5.66. The Morgan fingerprint density at radius 2 is 2.04 bits per heavy atom. The summed E-state index contributed by atoms with van der Waals surface area (Å²) in [6.45, 7) is 3.54. The van der Waals surface area contributed by atoms with Crippen LogP contribution in [0.2, 0.25) is 0 Å². The van der Waals surface area contributed by atoms with Crippen LogP contribution in [0.3, 0.4) is 0 Å². The van der Waals surface area contributed by atoms with Gasteiger partial charge in [0.05, 0.1) is 13.7 Å². The van der Waals surface area contributed by atoms with E-state index in [1.807, 2.05) is 0 Å². The molecule has 1 saturated carbocycles. The van der Waals surface area contributed by atoms with Crippen LogP contribution >= 0.6 is 0 Å². The van der Waals surface area contributed by atoms with Crippen molar-refractivity contribution in [3.8, 4) is 11.5 Å². The van der Waals surface area contributed by atoms with Gasteiger partial charge >= 0.3 is 5.97 Å². The van der Waals surface area contributed by atoms with Crippen LogP contribution in [0.25, 0.3) is 6.08 Å². The van der Waals surface area contributed by atoms with E-state index in [1.54, 1.807) is 6.07 Å². The first-order chi connectivity index (χ1) is 13.4. The number of benzene rings is 1. The molecular weight excluding hydrogens is 382 g/mol. The van der Waals surface area contributed by atoms with Crippen LogP contribution < -0.4 is 9.46 Å². The molecule has 2 rings (SSSR count). The minimum absolute atomic E-state index is 0.00286. The van der Waals surface area contributed by atoms with Crippen LogP contribution in [0, 0.1) is 5.92 Å². The Bertz CT molecular complexity index is 825. The molecule has 0 aromatic heterocycles. The summed E-state index contributed by atoms with van der Waals surface area (Å²) in [6, 6.07) is 2.92. The minimum atomic E-state index is -3.55. The van der Waals surface area contributed by atoms with E-state index in [2.05, 4.69) is 11.3 Å². The Labute approximate surface area is 166 Å². The summed E-state index contributed by atoms with van der Waals surface area (Å²) in [7, 11) is -2.10. The van der Waals surface area contributed by atoms with Gasteiger partial charge in [-0.2, -0.15) is 0 Å². The zero-order valence-corrected chi connectivity index (χ0v) is 16.8. The highest BCUT2D eigenvalue weighted by Crippen LogP contribution is 2.30. The van der Waals surface area contributed by atoms with Gasteiger partial charge in [-0.15, -0.1) is 0 Å². The van der Waals surface area contributed by atoms with Crippen molar-refractivity contribution in [3.63, 3.8) is 0 Å². The number of methoxy groups -OCH3 is 1. The molecule has 0 amide bonds. The first-order valence-electron chi connectivity index (χ1n) is 9.23. The quantitative estimate of drug-likeness (QED) is 0.607. The molecule has 1 aromatic rings. The molecule has 0 spiro atoms. The Balaban J connectivity index is 2.14. The van der Waals surface area contributed by atoms with Gasteiger partial charge in [0.1, 0.15) is 17.1 Å². The Morgan fingerprint density at radius 3 is 2.68 bits per heavy atom. The lowest BCUT2D eigenvalue weighted by molar-refractivity contribution is 0.0407. The zero-order valence-electron chi connectivity index (χ0n) is 16.0. The number of hydrogen-bond donors (Lipinski definition) is 2. The Hall–Kier alpha value is -2.32. The second-order valence-corrected chi connectivity index (χ2v) is 8.39. The molecular formula is C20H27NO6S. The summed E-state index contributed by atoms with van der Waals surface area (Å²) in [5.41, 5.74) is 0.405. The number of nitrogens with one attached hydrogen (secondary N) is 1. The molecule has 0 bridgehead atoms. The monoisotopic (exact) mass is 409 g/mol. The molecule has 154 valence electrons. The SMILES string of the molecule is C=CS(=O)(=O)NCC=Cc1cc(OC)cc(O)c1C(=O)OCC1CCCCC1. The topological polar surface area (TPSA) is 102 Å².